The second-order valence-corrected chi connectivity index (χ2v) is 4.53. The van der Waals surface area contributed by atoms with Crippen LogP contribution in [0.25, 0.3) is 0 Å². The molecular weight excluding hydrogens is 246 g/mol. The van der Waals surface area contributed by atoms with Crippen molar-refractivity contribution in [2.75, 3.05) is 31.2 Å². The van der Waals surface area contributed by atoms with E-state index in [4.69, 9.17) is 5.73 Å². The highest BCUT2D eigenvalue weighted by atomic mass is 16.6. The summed E-state index contributed by atoms with van der Waals surface area (Å²) < 4.78 is 0. The number of nitrogen functional groups attached to an aromatic ring is 1. The fraction of sp³-hybridized carbons (Fsp3) is 0.583. The fourth-order valence-electron chi connectivity index (χ4n) is 1.63. The van der Waals surface area contributed by atoms with Gasteiger partial charge in [0.2, 0.25) is 5.82 Å². The second kappa shape index (κ2) is 6.89. The summed E-state index contributed by atoms with van der Waals surface area (Å²) in [7, 11) is 2.02. The lowest BCUT2D eigenvalue weighted by Crippen LogP contribution is -2.32. The summed E-state index contributed by atoms with van der Waals surface area (Å²) in [6, 6.07) is 3.27. The van der Waals surface area contributed by atoms with E-state index in [2.05, 4.69) is 29.0 Å². The van der Waals surface area contributed by atoms with Crippen molar-refractivity contribution in [3.05, 3.63) is 22.2 Å². The summed E-state index contributed by atoms with van der Waals surface area (Å²) in [6.45, 7) is 5.63. The number of aromatic nitrogens is 1. The monoisotopic (exact) mass is 267 g/mol. The van der Waals surface area contributed by atoms with Gasteiger partial charge in [0, 0.05) is 25.2 Å². The van der Waals surface area contributed by atoms with Gasteiger partial charge in [-0.2, -0.15) is 0 Å². The quantitative estimate of drug-likeness (QED) is 0.576. The topological polar surface area (TPSA) is 97.3 Å². The van der Waals surface area contributed by atoms with Gasteiger partial charge < -0.3 is 16.0 Å². The highest BCUT2D eigenvalue weighted by molar-refractivity contribution is 5.59. The number of hydrogen-bond acceptors (Lipinski definition) is 6. The van der Waals surface area contributed by atoms with E-state index in [0.29, 0.717) is 12.6 Å². The molecule has 1 unspecified atom stereocenters. The zero-order valence-corrected chi connectivity index (χ0v) is 11.6. The first-order chi connectivity index (χ1) is 8.95. The molecule has 1 atom stereocenters. The molecule has 0 bridgehead atoms. The van der Waals surface area contributed by atoms with Crippen molar-refractivity contribution in [3.8, 4) is 0 Å². The molecule has 0 aromatic carbocycles. The molecule has 0 fully saturated rings. The number of nitro groups is 1. The Bertz CT molecular complexity index is 438. The van der Waals surface area contributed by atoms with Crippen molar-refractivity contribution in [1.29, 1.82) is 0 Å². The molecule has 1 aromatic rings. The first-order valence-electron chi connectivity index (χ1n) is 6.30. The summed E-state index contributed by atoms with van der Waals surface area (Å²) in [6.07, 6.45) is 1.06. The Morgan fingerprint density at radius 3 is 2.84 bits per heavy atom. The molecule has 0 saturated heterocycles. The van der Waals surface area contributed by atoms with Crippen LogP contribution in [0.3, 0.4) is 0 Å². The van der Waals surface area contributed by atoms with Gasteiger partial charge in [0.1, 0.15) is 5.82 Å². The van der Waals surface area contributed by atoms with Gasteiger partial charge in [0.25, 0.3) is 0 Å². The van der Waals surface area contributed by atoms with Gasteiger partial charge in [0.15, 0.2) is 0 Å². The number of nitrogens with zero attached hydrogens (tertiary/aromatic N) is 3. The maximum Gasteiger partial charge on any atom is 0.311 e. The van der Waals surface area contributed by atoms with Crippen molar-refractivity contribution in [2.45, 2.75) is 26.3 Å². The van der Waals surface area contributed by atoms with Crippen LogP contribution in [0.4, 0.5) is 17.3 Å². The molecule has 0 radical (unpaired) electrons. The number of likely N-dealkylation sites (N-methyl/N-ethyl adjacent to an activating group) is 1. The van der Waals surface area contributed by atoms with Crippen LogP contribution in [-0.2, 0) is 0 Å². The maximum absolute atomic E-state index is 10.9. The number of rotatable bonds is 7. The minimum absolute atomic E-state index is 0.0552. The molecule has 0 amide bonds. The largest absolute Gasteiger partial charge is 0.384 e. The standard InChI is InChI=1S/C12H21N5O2/c1-4-9(2)16(3)8-7-14-12-10(17(18)19)5-6-11(13)15-12/h5-6,9H,4,7-8H2,1-3H3,(H3,13,14,15). The van der Waals surface area contributed by atoms with Crippen LogP contribution in [0, 0.1) is 10.1 Å². The van der Waals surface area contributed by atoms with E-state index in [9.17, 15) is 10.1 Å². The first kappa shape index (κ1) is 15.2. The third-order valence-electron chi connectivity index (χ3n) is 3.19. The zero-order chi connectivity index (χ0) is 14.4. The lowest BCUT2D eigenvalue weighted by molar-refractivity contribution is -0.384. The summed E-state index contributed by atoms with van der Waals surface area (Å²) in [5.74, 6) is 0.492. The SMILES string of the molecule is CCC(C)N(C)CCNc1nc(N)ccc1[N+](=O)[O-]. The molecule has 1 heterocycles. The Hall–Kier alpha value is -1.89. The predicted octanol–water partition coefficient (Wildman–Crippen LogP) is 1.71. The molecule has 3 N–H and O–H groups in total. The molecule has 0 spiro atoms. The second-order valence-electron chi connectivity index (χ2n) is 4.53. The number of hydrogen-bond donors (Lipinski definition) is 2. The molecule has 7 nitrogen and oxygen atoms in total. The Morgan fingerprint density at radius 2 is 2.26 bits per heavy atom. The summed E-state index contributed by atoms with van der Waals surface area (Å²) in [4.78, 5) is 16.5. The number of pyridine rings is 1. The van der Waals surface area contributed by atoms with E-state index >= 15 is 0 Å². The van der Waals surface area contributed by atoms with Gasteiger partial charge >= 0.3 is 5.69 Å². The van der Waals surface area contributed by atoms with Crippen LogP contribution in [0.2, 0.25) is 0 Å². The lowest BCUT2D eigenvalue weighted by atomic mass is 10.2. The van der Waals surface area contributed by atoms with Crippen LogP contribution >= 0.6 is 0 Å². The number of nitrogens with two attached hydrogens (primary N) is 1. The molecule has 0 aliphatic heterocycles. The molecule has 7 heteroatoms. The van der Waals surface area contributed by atoms with Crippen LogP contribution in [-0.4, -0.2) is 41.0 Å². The molecular formula is C12H21N5O2. The molecule has 0 saturated carbocycles. The average molecular weight is 267 g/mol. The Balaban J connectivity index is 2.62. The average Bonchev–Trinajstić information content (AvgIpc) is 2.37. The van der Waals surface area contributed by atoms with Crippen molar-refractivity contribution in [2.24, 2.45) is 0 Å². The van der Waals surface area contributed by atoms with Crippen molar-refractivity contribution < 1.29 is 4.92 Å². The third-order valence-corrected chi connectivity index (χ3v) is 3.19. The van der Waals surface area contributed by atoms with Gasteiger partial charge in [0.05, 0.1) is 4.92 Å². The van der Waals surface area contributed by atoms with Gasteiger partial charge in [-0.15, -0.1) is 0 Å². The van der Waals surface area contributed by atoms with E-state index < -0.39 is 4.92 Å². The van der Waals surface area contributed by atoms with E-state index in [-0.39, 0.29) is 17.3 Å². The Kier molecular flexibility index (Phi) is 5.50. The predicted molar refractivity (Wildman–Crippen MR) is 76.2 cm³/mol. The van der Waals surface area contributed by atoms with Crippen molar-refractivity contribution >= 4 is 17.3 Å². The van der Waals surface area contributed by atoms with Crippen molar-refractivity contribution in [1.82, 2.24) is 9.88 Å². The minimum Gasteiger partial charge on any atom is -0.384 e. The summed E-state index contributed by atoms with van der Waals surface area (Å²) in [5, 5.41) is 13.8. The van der Waals surface area contributed by atoms with Gasteiger partial charge in [-0.25, -0.2) is 4.98 Å². The highest BCUT2D eigenvalue weighted by Gasteiger charge is 2.15. The summed E-state index contributed by atoms with van der Waals surface area (Å²) in [5.41, 5.74) is 5.49. The Labute approximate surface area is 113 Å². The summed E-state index contributed by atoms with van der Waals surface area (Å²) >= 11 is 0. The number of anilines is 2. The van der Waals surface area contributed by atoms with E-state index in [1.165, 1.54) is 12.1 Å². The van der Waals surface area contributed by atoms with E-state index in [0.717, 1.165) is 13.0 Å². The first-order valence-corrected chi connectivity index (χ1v) is 6.30. The molecule has 0 aliphatic carbocycles. The lowest BCUT2D eigenvalue weighted by Gasteiger charge is -2.23. The normalized spacial score (nSPS) is 12.4. The maximum atomic E-state index is 10.9. The van der Waals surface area contributed by atoms with Gasteiger partial charge in [-0.05, 0) is 26.5 Å². The molecule has 0 aliphatic rings. The third kappa shape index (κ3) is 4.36. The van der Waals surface area contributed by atoms with E-state index in [1.807, 2.05) is 7.05 Å². The molecule has 106 valence electrons. The highest BCUT2D eigenvalue weighted by Crippen LogP contribution is 2.22. The Morgan fingerprint density at radius 1 is 1.58 bits per heavy atom. The van der Waals surface area contributed by atoms with Crippen molar-refractivity contribution in [3.63, 3.8) is 0 Å². The minimum atomic E-state index is -0.465. The van der Waals surface area contributed by atoms with Gasteiger partial charge in [-0.3, -0.25) is 10.1 Å². The molecule has 19 heavy (non-hydrogen) atoms. The van der Waals surface area contributed by atoms with Crippen LogP contribution < -0.4 is 11.1 Å². The van der Waals surface area contributed by atoms with Crippen LogP contribution in [0.15, 0.2) is 12.1 Å². The zero-order valence-electron chi connectivity index (χ0n) is 11.6. The smallest absolute Gasteiger partial charge is 0.311 e. The molecule has 1 aromatic heterocycles. The van der Waals surface area contributed by atoms with Crippen LogP contribution in [0.5, 0.6) is 0 Å². The van der Waals surface area contributed by atoms with Crippen LogP contribution in [0.1, 0.15) is 20.3 Å². The fourth-order valence-corrected chi connectivity index (χ4v) is 1.63. The molecule has 1 rings (SSSR count). The number of nitrogens with one attached hydrogen (secondary N) is 1. The van der Waals surface area contributed by atoms with Gasteiger partial charge in [-0.1, -0.05) is 6.92 Å². The van der Waals surface area contributed by atoms with E-state index in [1.54, 1.807) is 0 Å².